The van der Waals surface area contributed by atoms with Gasteiger partial charge < -0.3 is 14.6 Å². The number of carbonyl (C=O) groups excluding carboxylic acids is 2. The van der Waals surface area contributed by atoms with E-state index >= 15 is 0 Å². The molecule has 0 saturated carbocycles. The molecule has 0 aromatic carbocycles. The number of aliphatic hydroxyl groups excluding tert-OH is 1. The molecular formula is C41H81NO5. The average molecular weight is 668 g/mol. The van der Waals surface area contributed by atoms with Crippen molar-refractivity contribution in [3.8, 4) is 0 Å². The maximum absolute atomic E-state index is 12.7. The van der Waals surface area contributed by atoms with Crippen LogP contribution in [0, 0.1) is 0 Å². The summed E-state index contributed by atoms with van der Waals surface area (Å²) in [6.45, 7) is 7.66. The molecule has 0 aliphatic heterocycles. The van der Waals surface area contributed by atoms with E-state index in [2.05, 4.69) is 13.8 Å². The second-order valence-electron chi connectivity index (χ2n) is 14.5. The van der Waals surface area contributed by atoms with Crippen molar-refractivity contribution in [2.75, 3.05) is 7.05 Å². The van der Waals surface area contributed by atoms with Crippen LogP contribution in [0.25, 0.3) is 0 Å². The molecule has 0 saturated heterocycles. The number of rotatable bonds is 36. The zero-order valence-electron chi connectivity index (χ0n) is 32.2. The summed E-state index contributed by atoms with van der Waals surface area (Å²) in [6, 6.07) is 0. The van der Waals surface area contributed by atoms with Crippen molar-refractivity contribution in [2.24, 2.45) is 0 Å². The highest BCUT2D eigenvalue weighted by Gasteiger charge is 2.39. The Labute approximate surface area is 292 Å². The summed E-state index contributed by atoms with van der Waals surface area (Å²) in [7, 11) is 1.60. The normalized spacial score (nSPS) is 12.5. The van der Waals surface area contributed by atoms with Crippen molar-refractivity contribution in [3.63, 3.8) is 0 Å². The third kappa shape index (κ3) is 29.5. The molecule has 0 heterocycles. The molecule has 47 heavy (non-hydrogen) atoms. The van der Waals surface area contributed by atoms with Crippen molar-refractivity contribution in [2.45, 2.75) is 245 Å². The molecular weight excluding hydrogens is 586 g/mol. The lowest BCUT2D eigenvalue weighted by Gasteiger charge is -2.38. The average Bonchev–Trinajstić information content (AvgIpc) is 3.04. The number of carbonyl (C=O) groups is 2. The summed E-state index contributed by atoms with van der Waals surface area (Å²) in [5, 5.41) is 10.2. The summed E-state index contributed by atoms with van der Waals surface area (Å²) in [5.41, 5.74) is 0. The summed E-state index contributed by atoms with van der Waals surface area (Å²) >= 11 is 0. The quantitative estimate of drug-likeness (QED) is 0.0407. The minimum Gasteiger partial charge on any atom is -0.408 e. The van der Waals surface area contributed by atoms with Crippen molar-refractivity contribution in [3.05, 3.63) is 0 Å². The molecule has 0 aromatic heterocycles. The molecule has 280 valence electrons. The monoisotopic (exact) mass is 668 g/mol. The topological polar surface area (TPSA) is 76.1 Å². The van der Waals surface area contributed by atoms with Crippen LogP contribution in [-0.4, -0.2) is 41.1 Å². The van der Waals surface area contributed by atoms with Crippen molar-refractivity contribution < 1.29 is 24.2 Å². The van der Waals surface area contributed by atoms with E-state index in [1.165, 1.54) is 159 Å². The molecule has 1 unspecified atom stereocenters. The Morgan fingerprint density at radius 1 is 0.489 bits per heavy atom. The Hall–Kier alpha value is -1.14. The molecule has 0 spiro atoms. The van der Waals surface area contributed by atoms with E-state index in [9.17, 15) is 14.7 Å². The van der Waals surface area contributed by atoms with Crippen molar-refractivity contribution in [1.82, 2.24) is 4.90 Å². The standard InChI is InChI=1S/C41H81NO5/c1-6-8-10-12-14-16-18-20-22-24-26-28-30-32-34-36-39(44)46-41(4,42(5)38(3)43)47-40(45)37-35-33-31-29-27-25-23-21-19-17-15-13-11-9-7-2/h38,43H,6-37H2,1-5H3. The maximum atomic E-state index is 12.7. The lowest BCUT2D eigenvalue weighted by atomic mass is 10.0. The second-order valence-corrected chi connectivity index (χ2v) is 14.5. The minimum absolute atomic E-state index is 0.290. The first-order valence-electron chi connectivity index (χ1n) is 20.6. The smallest absolute Gasteiger partial charge is 0.319 e. The van der Waals surface area contributed by atoms with Crippen LogP contribution >= 0.6 is 0 Å². The highest BCUT2D eigenvalue weighted by atomic mass is 16.8. The van der Waals surface area contributed by atoms with Crippen LogP contribution in [-0.2, 0) is 19.1 Å². The van der Waals surface area contributed by atoms with Gasteiger partial charge >= 0.3 is 17.8 Å². The van der Waals surface area contributed by atoms with Gasteiger partial charge in [-0.2, -0.15) is 0 Å². The number of esters is 2. The fourth-order valence-corrected chi connectivity index (χ4v) is 6.31. The number of aliphatic hydroxyl groups is 1. The number of ether oxygens (including phenoxy) is 2. The SMILES string of the molecule is CCCCCCCCCCCCCCCCCC(=O)OC(C)(OC(=O)CCCCCCCCCCCCCCCCC)N(C)C(C)O. The molecule has 0 rings (SSSR count). The number of nitrogens with zero attached hydrogens (tertiary/aromatic N) is 1. The van der Waals surface area contributed by atoms with Crippen LogP contribution in [0.5, 0.6) is 0 Å². The molecule has 0 bridgehead atoms. The minimum atomic E-state index is -1.62. The van der Waals surface area contributed by atoms with Crippen LogP contribution in [0.4, 0.5) is 0 Å². The van der Waals surface area contributed by atoms with Crippen LogP contribution < -0.4 is 0 Å². The van der Waals surface area contributed by atoms with E-state index in [4.69, 9.17) is 9.47 Å². The van der Waals surface area contributed by atoms with Gasteiger partial charge in [-0.15, -0.1) is 0 Å². The van der Waals surface area contributed by atoms with E-state index in [0.29, 0.717) is 0 Å². The van der Waals surface area contributed by atoms with Gasteiger partial charge in [0, 0.05) is 19.8 Å². The van der Waals surface area contributed by atoms with Gasteiger partial charge in [0.05, 0.1) is 0 Å². The third-order valence-electron chi connectivity index (χ3n) is 9.78. The van der Waals surface area contributed by atoms with E-state index in [1.54, 1.807) is 20.9 Å². The lowest BCUT2D eigenvalue weighted by molar-refractivity contribution is -0.295. The molecule has 0 aromatic rings. The zero-order chi connectivity index (χ0) is 34.9. The molecule has 1 atom stereocenters. The Morgan fingerprint density at radius 3 is 0.915 bits per heavy atom. The fourth-order valence-electron chi connectivity index (χ4n) is 6.31. The van der Waals surface area contributed by atoms with Crippen molar-refractivity contribution >= 4 is 11.9 Å². The fraction of sp³-hybridized carbons (Fsp3) is 0.951. The Bertz CT molecular complexity index is 649. The van der Waals surface area contributed by atoms with Gasteiger partial charge in [0.15, 0.2) is 0 Å². The molecule has 6 nitrogen and oxygen atoms in total. The van der Waals surface area contributed by atoms with E-state index < -0.39 is 24.1 Å². The van der Waals surface area contributed by atoms with Gasteiger partial charge in [0.25, 0.3) is 0 Å². The zero-order valence-corrected chi connectivity index (χ0v) is 32.2. The summed E-state index contributed by atoms with van der Waals surface area (Å²) in [5.74, 6) is -2.41. The predicted octanol–water partition coefficient (Wildman–Crippen LogP) is 12.5. The lowest BCUT2D eigenvalue weighted by Crippen LogP contribution is -2.54. The first kappa shape index (κ1) is 45.9. The van der Waals surface area contributed by atoms with Gasteiger partial charge in [-0.3, -0.25) is 9.59 Å². The van der Waals surface area contributed by atoms with Gasteiger partial charge in [0.2, 0.25) is 0 Å². The molecule has 1 N–H and O–H groups in total. The highest BCUT2D eigenvalue weighted by Crippen LogP contribution is 2.23. The molecule has 6 heteroatoms. The summed E-state index contributed by atoms with van der Waals surface area (Å²) in [6.07, 6.45) is 37.8. The number of hydrogen-bond acceptors (Lipinski definition) is 6. The number of unbranched alkanes of at least 4 members (excludes halogenated alkanes) is 28. The first-order valence-corrected chi connectivity index (χ1v) is 20.6. The Kier molecular flexibility index (Phi) is 32.6. The van der Waals surface area contributed by atoms with Crippen LogP contribution in [0.1, 0.15) is 233 Å². The molecule has 0 aliphatic carbocycles. The van der Waals surface area contributed by atoms with E-state index in [0.717, 1.165) is 38.5 Å². The van der Waals surface area contributed by atoms with E-state index in [1.807, 2.05) is 0 Å². The predicted molar refractivity (Wildman–Crippen MR) is 199 cm³/mol. The molecule has 0 radical (unpaired) electrons. The highest BCUT2D eigenvalue weighted by molar-refractivity contribution is 5.71. The van der Waals surface area contributed by atoms with Gasteiger partial charge in [-0.05, 0) is 26.8 Å². The molecule has 0 amide bonds. The molecule has 0 fully saturated rings. The molecule has 0 aliphatic rings. The summed E-state index contributed by atoms with van der Waals surface area (Å²) < 4.78 is 11.3. The van der Waals surface area contributed by atoms with Gasteiger partial charge in [-0.1, -0.05) is 194 Å². The van der Waals surface area contributed by atoms with Crippen molar-refractivity contribution in [1.29, 1.82) is 0 Å². The Morgan fingerprint density at radius 2 is 0.702 bits per heavy atom. The van der Waals surface area contributed by atoms with Gasteiger partial charge in [0.1, 0.15) is 6.23 Å². The van der Waals surface area contributed by atoms with Crippen LogP contribution in [0.3, 0.4) is 0 Å². The largest absolute Gasteiger partial charge is 0.408 e. The first-order chi connectivity index (χ1) is 22.8. The third-order valence-corrected chi connectivity index (χ3v) is 9.78. The number of hydrogen-bond donors (Lipinski definition) is 1. The Balaban J connectivity index is 3.98. The van der Waals surface area contributed by atoms with Crippen LogP contribution in [0.15, 0.2) is 0 Å². The maximum Gasteiger partial charge on any atom is 0.319 e. The second kappa shape index (κ2) is 33.4. The van der Waals surface area contributed by atoms with Crippen LogP contribution in [0.2, 0.25) is 0 Å². The summed E-state index contributed by atoms with van der Waals surface area (Å²) in [4.78, 5) is 26.8. The van der Waals surface area contributed by atoms with E-state index in [-0.39, 0.29) is 12.8 Å². The van der Waals surface area contributed by atoms with Gasteiger partial charge in [-0.25, -0.2) is 4.90 Å².